The Hall–Kier alpha value is -3.11. The van der Waals surface area contributed by atoms with Gasteiger partial charge in [-0.15, -0.1) is 0 Å². The molecule has 0 aliphatic carbocycles. The summed E-state index contributed by atoms with van der Waals surface area (Å²) in [6, 6.07) is 9.82. The average Bonchev–Trinajstić information content (AvgIpc) is 2.85. The van der Waals surface area contributed by atoms with Crippen molar-refractivity contribution in [1.82, 2.24) is 4.31 Å². The SMILES string of the molecule is COCCN(CCOC)S(=O)(=O)c1ccccc1S(=O)(=O)Oc1cc(C)cc(OCCCON=C(N)N)c1. The van der Waals surface area contributed by atoms with Crippen molar-refractivity contribution in [1.29, 1.82) is 0 Å². The lowest BCUT2D eigenvalue weighted by Gasteiger charge is -2.23. The highest BCUT2D eigenvalue weighted by Crippen LogP contribution is 2.29. The van der Waals surface area contributed by atoms with Gasteiger partial charge in [0.1, 0.15) is 27.9 Å². The van der Waals surface area contributed by atoms with Crippen LogP contribution in [0.5, 0.6) is 11.5 Å². The minimum absolute atomic E-state index is 0.00695. The van der Waals surface area contributed by atoms with Gasteiger partial charge >= 0.3 is 10.1 Å². The molecule has 38 heavy (non-hydrogen) atoms. The molecule has 0 fully saturated rings. The van der Waals surface area contributed by atoms with Gasteiger partial charge in [-0.25, -0.2) is 8.42 Å². The van der Waals surface area contributed by atoms with E-state index in [9.17, 15) is 16.8 Å². The highest BCUT2D eigenvalue weighted by atomic mass is 32.2. The van der Waals surface area contributed by atoms with Gasteiger partial charge in [-0.1, -0.05) is 12.1 Å². The molecule has 4 N–H and O–H groups in total. The topological polar surface area (TPSA) is 182 Å². The van der Waals surface area contributed by atoms with E-state index >= 15 is 0 Å². The number of aryl methyl sites for hydroxylation is 1. The third kappa shape index (κ3) is 9.33. The molecule has 212 valence electrons. The first-order valence-corrected chi connectivity index (χ1v) is 14.3. The summed E-state index contributed by atoms with van der Waals surface area (Å²) in [5.74, 6) is 0.113. The Balaban J connectivity index is 2.27. The third-order valence-corrected chi connectivity index (χ3v) is 8.27. The Labute approximate surface area is 223 Å². The molecule has 0 aromatic heterocycles. The molecule has 13 nitrogen and oxygen atoms in total. The van der Waals surface area contributed by atoms with Crippen LogP contribution in [0.1, 0.15) is 12.0 Å². The summed E-state index contributed by atoms with van der Waals surface area (Å²) in [6.45, 7) is 2.41. The number of hydrogen-bond acceptors (Lipinski definition) is 10. The molecular weight excluding hydrogens is 540 g/mol. The van der Waals surface area contributed by atoms with E-state index in [2.05, 4.69) is 5.16 Å². The van der Waals surface area contributed by atoms with E-state index in [1.54, 1.807) is 13.0 Å². The molecule has 0 unspecified atom stereocenters. The van der Waals surface area contributed by atoms with Crippen molar-refractivity contribution in [2.75, 3.05) is 53.7 Å². The summed E-state index contributed by atoms with van der Waals surface area (Å²) in [5, 5.41) is 3.40. The van der Waals surface area contributed by atoms with Gasteiger partial charge in [-0.3, -0.25) is 0 Å². The summed E-state index contributed by atoms with van der Waals surface area (Å²) in [7, 11) is -5.92. The molecule has 0 aliphatic rings. The van der Waals surface area contributed by atoms with Gasteiger partial charge < -0.3 is 34.7 Å². The van der Waals surface area contributed by atoms with Crippen LogP contribution in [-0.2, 0) is 34.5 Å². The van der Waals surface area contributed by atoms with Crippen molar-refractivity contribution >= 4 is 26.1 Å². The van der Waals surface area contributed by atoms with Gasteiger partial charge in [0, 0.05) is 39.8 Å². The maximum Gasteiger partial charge on any atom is 0.340 e. The number of hydrogen-bond donors (Lipinski definition) is 2. The third-order valence-electron chi connectivity index (χ3n) is 4.87. The molecule has 0 heterocycles. The van der Waals surface area contributed by atoms with Gasteiger partial charge in [0.05, 0.1) is 19.8 Å². The molecule has 0 amide bonds. The molecule has 2 aromatic rings. The number of oxime groups is 1. The highest BCUT2D eigenvalue weighted by molar-refractivity contribution is 7.91. The van der Waals surface area contributed by atoms with Gasteiger partial charge in [-0.05, 0) is 41.9 Å². The Morgan fingerprint density at radius 1 is 0.868 bits per heavy atom. The summed E-state index contributed by atoms with van der Waals surface area (Å²) < 4.78 is 75.6. The van der Waals surface area contributed by atoms with Crippen LogP contribution in [-0.4, -0.2) is 80.8 Å². The van der Waals surface area contributed by atoms with E-state index in [0.29, 0.717) is 17.7 Å². The van der Waals surface area contributed by atoms with E-state index in [-0.39, 0.29) is 51.2 Å². The van der Waals surface area contributed by atoms with E-state index in [1.807, 2.05) is 0 Å². The van der Waals surface area contributed by atoms with Crippen molar-refractivity contribution < 1.29 is 40.1 Å². The molecular formula is C23H34N4O9S2. The molecule has 2 aromatic carbocycles. The standard InChI is InChI=1S/C23H34N4O9S2/c1-18-15-19(34-11-6-12-35-26-23(24)25)17-20(16-18)36-38(30,31)22-8-5-4-7-21(22)37(28,29)27(9-13-32-2)10-14-33-3/h4-5,7-8,15-17H,6,9-14H2,1-3H3,(H4,24,25,26). The summed E-state index contributed by atoms with van der Waals surface area (Å²) >= 11 is 0. The Morgan fingerprint density at radius 3 is 2.08 bits per heavy atom. The van der Waals surface area contributed by atoms with Crippen molar-refractivity contribution in [3.8, 4) is 11.5 Å². The van der Waals surface area contributed by atoms with Gasteiger partial charge in [-0.2, -0.15) is 12.7 Å². The van der Waals surface area contributed by atoms with Crippen LogP contribution in [0.2, 0.25) is 0 Å². The Bertz CT molecular complexity index is 1270. The number of nitrogens with two attached hydrogens (primary N) is 2. The van der Waals surface area contributed by atoms with Crippen LogP contribution >= 0.6 is 0 Å². The fourth-order valence-corrected chi connectivity index (χ4v) is 6.30. The highest BCUT2D eigenvalue weighted by Gasteiger charge is 2.32. The second-order valence-corrected chi connectivity index (χ2v) is 11.3. The lowest BCUT2D eigenvalue weighted by molar-refractivity contribution is 0.127. The normalized spacial score (nSPS) is 11.8. The molecule has 0 saturated heterocycles. The molecule has 15 heteroatoms. The molecule has 0 saturated carbocycles. The molecule has 0 atom stereocenters. The average molecular weight is 575 g/mol. The fraction of sp³-hybridized carbons (Fsp3) is 0.435. The monoisotopic (exact) mass is 574 g/mol. The maximum atomic E-state index is 13.4. The number of methoxy groups -OCH3 is 2. The van der Waals surface area contributed by atoms with Crippen LogP contribution in [0.25, 0.3) is 0 Å². The first-order valence-electron chi connectivity index (χ1n) is 11.5. The minimum atomic E-state index is -4.56. The van der Waals surface area contributed by atoms with Crippen LogP contribution in [0.4, 0.5) is 0 Å². The molecule has 0 aliphatic heterocycles. The number of ether oxygens (including phenoxy) is 3. The number of guanidine groups is 1. The maximum absolute atomic E-state index is 13.4. The number of nitrogens with zero attached hydrogens (tertiary/aromatic N) is 2. The fourth-order valence-electron chi connectivity index (χ4n) is 3.20. The lowest BCUT2D eigenvalue weighted by atomic mass is 10.2. The summed E-state index contributed by atoms with van der Waals surface area (Å²) in [6.07, 6.45) is 0.451. The molecule has 0 spiro atoms. The predicted molar refractivity (Wildman–Crippen MR) is 140 cm³/mol. The van der Waals surface area contributed by atoms with Crippen LogP contribution in [0.15, 0.2) is 57.4 Å². The zero-order chi connectivity index (χ0) is 28.2. The van der Waals surface area contributed by atoms with Gasteiger partial charge in [0.25, 0.3) is 0 Å². The zero-order valence-corrected chi connectivity index (χ0v) is 23.2. The first-order chi connectivity index (χ1) is 18.0. The van der Waals surface area contributed by atoms with E-state index in [0.717, 1.165) is 4.31 Å². The quantitative estimate of drug-likeness (QED) is 0.0904. The zero-order valence-electron chi connectivity index (χ0n) is 21.5. The predicted octanol–water partition coefficient (Wildman–Crippen LogP) is 1.02. The van der Waals surface area contributed by atoms with Crippen molar-refractivity contribution in [3.63, 3.8) is 0 Å². The lowest BCUT2D eigenvalue weighted by Crippen LogP contribution is -2.37. The van der Waals surface area contributed by atoms with Crippen molar-refractivity contribution in [2.45, 2.75) is 23.1 Å². The second kappa shape index (κ2) is 14.7. The van der Waals surface area contributed by atoms with Crippen molar-refractivity contribution in [3.05, 3.63) is 48.0 Å². The van der Waals surface area contributed by atoms with Crippen molar-refractivity contribution in [2.24, 2.45) is 16.6 Å². The van der Waals surface area contributed by atoms with E-state index in [4.69, 9.17) is 34.7 Å². The van der Waals surface area contributed by atoms with Crippen LogP contribution in [0, 0.1) is 6.92 Å². The van der Waals surface area contributed by atoms with Gasteiger partial charge in [0.2, 0.25) is 16.0 Å². The summed E-state index contributed by atoms with van der Waals surface area (Å²) in [4.78, 5) is 3.96. The molecule has 2 rings (SSSR count). The smallest absolute Gasteiger partial charge is 0.340 e. The number of benzene rings is 2. The van der Waals surface area contributed by atoms with E-state index in [1.165, 1.54) is 50.6 Å². The van der Waals surface area contributed by atoms with E-state index < -0.39 is 29.9 Å². The van der Waals surface area contributed by atoms with Crippen LogP contribution < -0.4 is 20.4 Å². The minimum Gasteiger partial charge on any atom is -0.493 e. The summed E-state index contributed by atoms with van der Waals surface area (Å²) in [5.41, 5.74) is 11.0. The first kappa shape index (κ1) is 31.1. The molecule has 0 radical (unpaired) electrons. The second-order valence-electron chi connectivity index (χ2n) is 7.91. The Morgan fingerprint density at radius 2 is 1.47 bits per heavy atom. The van der Waals surface area contributed by atoms with Crippen LogP contribution in [0.3, 0.4) is 0 Å². The Kier molecular flexibility index (Phi) is 12.1. The number of rotatable bonds is 17. The largest absolute Gasteiger partial charge is 0.493 e. The number of sulfonamides is 1. The van der Waals surface area contributed by atoms with Gasteiger partial charge in [0.15, 0.2) is 0 Å². The molecule has 0 bridgehead atoms.